The molecule has 3 nitrogen and oxygen atoms in total. The number of aromatic nitrogens is 1. The summed E-state index contributed by atoms with van der Waals surface area (Å²) in [5.41, 5.74) is 10.2. The molecule has 2 N–H and O–H groups in total. The second-order valence-electron chi connectivity index (χ2n) is 6.91. The van der Waals surface area contributed by atoms with Crippen molar-refractivity contribution in [3.8, 4) is 0 Å². The molecule has 2 heterocycles. The smallest absolute Gasteiger partial charge is 0.130 e. The lowest BCUT2D eigenvalue weighted by atomic mass is 9.73. The van der Waals surface area contributed by atoms with E-state index in [1.54, 1.807) is 11.1 Å². The van der Waals surface area contributed by atoms with Crippen LogP contribution in [0, 0.1) is 0 Å². The van der Waals surface area contributed by atoms with E-state index in [9.17, 15) is 0 Å². The molecule has 1 atom stereocenters. The number of fused-ring (bicyclic) bond motifs is 2. The van der Waals surface area contributed by atoms with Crippen LogP contribution in [0.1, 0.15) is 43.2 Å². The van der Waals surface area contributed by atoms with E-state index in [1.807, 2.05) is 18.3 Å². The molecule has 2 aliphatic rings. The monoisotopic (exact) mass is 293 g/mol. The van der Waals surface area contributed by atoms with Gasteiger partial charge in [0.05, 0.1) is 0 Å². The van der Waals surface area contributed by atoms with Gasteiger partial charge in [0.1, 0.15) is 5.82 Å². The summed E-state index contributed by atoms with van der Waals surface area (Å²) in [4.78, 5) is 6.87. The van der Waals surface area contributed by atoms with Crippen molar-refractivity contribution in [2.45, 2.75) is 37.5 Å². The Bertz CT molecular complexity index is 687. The van der Waals surface area contributed by atoms with Crippen molar-refractivity contribution >= 4 is 11.5 Å². The Morgan fingerprint density at radius 2 is 1.95 bits per heavy atom. The number of anilines is 2. The van der Waals surface area contributed by atoms with Crippen molar-refractivity contribution in [1.82, 2.24) is 4.98 Å². The lowest BCUT2D eigenvalue weighted by molar-refractivity contribution is 0.317. The first-order valence-electron chi connectivity index (χ1n) is 8.24. The van der Waals surface area contributed by atoms with Crippen LogP contribution in [0.2, 0.25) is 0 Å². The van der Waals surface area contributed by atoms with Crippen molar-refractivity contribution in [2.24, 2.45) is 0 Å². The summed E-state index contributed by atoms with van der Waals surface area (Å²) in [7, 11) is 0. The zero-order valence-corrected chi connectivity index (χ0v) is 13.1. The lowest BCUT2D eigenvalue weighted by Gasteiger charge is -2.41. The second-order valence-corrected chi connectivity index (χ2v) is 6.91. The number of nitrogens with zero attached hydrogens (tertiary/aromatic N) is 2. The largest absolute Gasteiger partial charge is 0.399 e. The fourth-order valence-electron chi connectivity index (χ4n) is 4.46. The van der Waals surface area contributed by atoms with Crippen molar-refractivity contribution < 1.29 is 0 Å². The van der Waals surface area contributed by atoms with E-state index in [2.05, 4.69) is 41.1 Å². The number of hydrogen-bond acceptors (Lipinski definition) is 3. The SMILES string of the molecule is CC1CC2(CCN(c3cc(N)ccn3)CC2)c2ccccc21. The van der Waals surface area contributed by atoms with Crippen molar-refractivity contribution in [1.29, 1.82) is 0 Å². The molecule has 1 aliphatic carbocycles. The Hall–Kier alpha value is -2.03. The molecule has 0 bridgehead atoms. The lowest BCUT2D eigenvalue weighted by Crippen LogP contribution is -2.42. The molecule has 22 heavy (non-hydrogen) atoms. The highest BCUT2D eigenvalue weighted by Gasteiger charge is 2.43. The molecule has 114 valence electrons. The van der Waals surface area contributed by atoms with Crippen LogP contribution in [0.5, 0.6) is 0 Å². The van der Waals surface area contributed by atoms with Gasteiger partial charge >= 0.3 is 0 Å². The predicted octanol–water partition coefficient (Wildman–Crippen LogP) is 3.71. The molecule has 2 aromatic rings. The molecule has 1 aromatic heterocycles. The minimum Gasteiger partial charge on any atom is -0.399 e. The van der Waals surface area contributed by atoms with Crippen LogP contribution in [-0.4, -0.2) is 18.1 Å². The van der Waals surface area contributed by atoms with Gasteiger partial charge in [-0.2, -0.15) is 0 Å². The molecule has 3 heteroatoms. The Kier molecular flexibility index (Phi) is 3.10. The normalized spacial score (nSPS) is 22.8. The molecule has 1 fully saturated rings. The molecule has 1 unspecified atom stereocenters. The molecule has 0 amide bonds. The second kappa shape index (κ2) is 5.01. The molecule has 0 saturated carbocycles. The van der Waals surface area contributed by atoms with Gasteiger partial charge < -0.3 is 10.6 Å². The maximum atomic E-state index is 5.90. The minimum atomic E-state index is 0.382. The highest BCUT2D eigenvalue weighted by molar-refractivity contribution is 5.51. The molecule has 1 aromatic carbocycles. The van der Waals surface area contributed by atoms with E-state index in [4.69, 9.17) is 5.73 Å². The average Bonchev–Trinajstić information content (AvgIpc) is 2.81. The van der Waals surface area contributed by atoms with Crippen molar-refractivity contribution in [2.75, 3.05) is 23.7 Å². The van der Waals surface area contributed by atoms with Crippen LogP contribution in [0.15, 0.2) is 42.6 Å². The Morgan fingerprint density at radius 1 is 1.18 bits per heavy atom. The predicted molar refractivity (Wildman–Crippen MR) is 91.2 cm³/mol. The van der Waals surface area contributed by atoms with Crippen LogP contribution in [-0.2, 0) is 5.41 Å². The standard InChI is InChI=1S/C19H23N3/c1-14-13-19(17-5-3-2-4-16(14)17)7-10-22(11-8-19)18-12-15(20)6-9-21-18/h2-6,9,12,14H,7-8,10-11,13H2,1H3,(H2,20,21). The van der Waals surface area contributed by atoms with Crippen molar-refractivity contribution in [3.63, 3.8) is 0 Å². The van der Waals surface area contributed by atoms with Crippen LogP contribution < -0.4 is 10.6 Å². The zero-order valence-electron chi connectivity index (χ0n) is 13.1. The van der Waals surface area contributed by atoms with Crippen LogP contribution in [0.3, 0.4) is 0 Å². The van der Waals surface area contributed by atoms with E-state index >= 15 is 0 Å². The van der Waals surface area contributed by atoms with E-state index in [0.717, 1.165) is 24.6 Å². The molecule has 1 saturated heterocycles. The van der Waals surface area contributed by atoms with Gasteiger partial charge in [0.25, 0.3) is 0 Å². The summed E-state index contributed by atoms with van der Waals surface area (Å²) in [6, 6.07) is 12.9. The summed E-state index contributed by atoms with van der Waals surface area (Å²) in [6.45, 7) is 4.51. The number of rotatable bonds is 1. The minimum absolute atomic E-state index is 0.382. The Morgan fingerprint density at radius 3 is 2.73 bits per heavy atom. The van der Waals surface area contributed by atoms with Gasteiger partial charge in [-0.15, -0.1) is 0 Å². The van der Waals surface area contributed by atoms with Crippen molar-refractivity contribution in [3.05, 3.63) is 53.7 Å². The Labute approximate surface area is 132 Å². The zero-order chi connectivity index (χ0) is 15.2. The number of hydrogen-bond donors (Lipinski definition) is 1. The molecule has 1 aliphatic heterocycles. The van der Waals surface area contributed by atoms with E-state index in [-0.39, 0.29) is 0 Å². The summed E-state index contributed by atoms with van der Waals surface area (Å²) >= 11 is 0. The first-order valence-corrected chi connectivity index (χ1v) is 8.24. The van der Waals surface area contributed by atoms with Gasteiger partial charge in [0, 0.05) is 31.0 Å². The summed E-state index contributed by atoms with van der Waals surface area (Å²) in [6.07, 6.45) is 5.53. The fourth-order valence-corrected chi connectivity index (χ4v) is 4.46. The van der Waals surface area contributed by atoms with Gasteiger partial charge in [-0.1, -0.05) is 31.2 Å². The van der Waals surface area contributed by atoms with Crippen LogP contribution >= 0.6 is 0 Å². The maximum Gasteiger partial charge on any atom is 0.130 e. The van der Waals surface area contributed by atoms with Gasteiger partial charge in [0.15, 0.2) is 0 Å². The molecule has 4 rings (SSSR count). The third-order valence-electron chi connectivity index (χ3n) is 5.57. The quantitative estimate of drug-likeness (QED) is 0.871. The third-order valence-corrected chi connectivity index (χ3v) is 5.57. The highest BCUT2D eigenvalue weighted by Crippen LogP contribution is 2.51. The number of nitrogens with two attached hydrogens (primary N) is 1. The number of pyridine rings is 1. The van der Waals surface area contributed by atoms with Crippen LogP contribution in [0.25, 0.3) is 0 Å². The first kappa shape index (κ1) is 13.6. The van der Waals surface area contributed by atoms with E-state index in [0.29, 0.717) is 11.3 Å². The van der Waals surface area contributed by atoms with Gasteiger partial charge in [-0.25, -0.2) is 4.98 Å². The number of piperidine rings is 1. The maximum absolute atomic E-state index is 5.90. The fraction of sp³-hybridized carbons (Fsp3) is 0.421. The van der Waals surface area contributed by atoms with Gasteiger partial charge in [-0.05, 0) is 47.8 Å². The van der Waals surface area contributed by atoms with E-state index < -0.39 is 0 Å². The van der Waals surface area contributed by atoms with Gasteiger partial charge in [0.2, 0.25) is 0 Å². The molecule has 1 spiro atoms. The average molecular weight is 293 g/mol. The molecular formula is C19H23N3. The van der Waals surface area contributed by atoms with Gasteiger partial charge in [-0.3, -0.25) is 0 Å². The van der Waals surface area contributed by atoms with E-state index in [1.165, 1.54) is 19.3 Å². The third kappa shape index (κ3) is 2.07. The van der Waals surface area contributed by atoms with Crippen LogP contribution in [0.4, 0.5) is 11.5 Å². The summed E-state index contributed by atoms with van der Waals surface area (Å²) in [5, 5.41) is 0. The number of benzene rings is 1. The molecule has 0 radical (unpaired) electrons. The molecular weight excluding hydrogens is 270 g/mol. The topological polar surface area (TPSA) is 42.1 Å². The number of nitrogen functional groups attached to an aromatic ring is 1. The highest BCUT2D eigenvalue weighted by atomic mass is 15.2. The first-order chi connectivity index (χ1) is 10.7. The Balaban J connectivity index is 1.58. The summed E-state index contributed by atoms with van der Waals surface area (Å²) < 4.78 is 0. The summed E-state index contributed by atoms with van der Waals surface area (Å²) in [5.74, 6) is 1.71.